The third kappa shape index (κ3) is 12.6. The summed E-state index contributed by atoms with van der Waals surface area (Å²) >= 11 is 0. The van der Waals surface area contributed by atoms with Crippen LogP contribution in [0, 0.1) is 93.7 Å². The minimum atomic E-state index is -2.13. The lowest BCUT2D eigenvalue weighted by atomic mass is 9.43. The fraction of sp³-hybridized carbons (Fsp3) is 0.662. The van der Waals surface area contributed by atoms with Crippen LogP contribution in [-0.2, 0) is 24.7 Å². The number of aromatic nitrogens is 1. The second-order valence-corrected chi connectivity index (χ2v) is 34.2. The number of aliphatic hydroxyl groups excluding tert-OH is 5. The number of cyclic esters (lactones) is 1. The van der Waals surface area contributed by atoms with Gasteiger partial charge in [0.05, 0.1) is 53.3 Å². The number of hydrogen-bond donors (Lipinski definition) is 13. The van der Waals surface area contributed by atoms with E-state index in [-0.39, 0.29) is 104 Å². The average molecular weight is 1370 g/mol. The van der Waals surface area contributed by atoms with Gasteiger partial charge in [0.1, 0.15) is 17.9 Å². The lowest BCUT2D eigenvalue weighted by Crippen LogP contribution is -2.67. The first-order valence-electron chi connectivity index (χ1n) is 36.2. The van der Waals surface area contributed by atoms with E-state index in [0.717, 1.165) is 61.6 Å². The van der Waals surface area contributed by atoms with E-state index in [2.05, 4.69) is 52.6 Å². The largest absolute Gasteiger partial charge is 0.508 e. The summed E-state index contributed by atoms with van der Waals surface area (Å²) in [5.74, 6) is 0.0443. The molecule has 20 heteroatoms. The molecular weight excluding hydrogens is 1270 g/mol. The molecule has 2 aromatic carbocycles. The fourth-order valence-electron chi connectivity index (χ4n) is 22.0. The number of benzene rings is 2. The number of phenols is 1. The van der Waals surface area contributed by atoms with Gasteiger partial charge < -0.3 is 72.0 Å². The number of esters is 1. The SMILES string of the molecule is CC[C@@H]1OC(=O)[C@@H](c2cc[nH]c2)[C@H]1[C@H]1C#CC[C@H]2C[C@@]3(O)C4=C5N[C@H](CO)C(=O)C[C@@H](c6ccc(O)cc6)CSSC[C@@H]6[C@@H](O)[C@@H](O)C[C@@](C)([C@@H]6C5=O)[C@H]4CC[C@]3(CCN=C(N)NC3(c4ccccc4)CCCC3)[C@H]2[C@@](C)(O)[C@H](O)C[C@@H](C(O)O)[C@@H]2CC=C3CC[C@@H](C)C[C@@H]3[C@@H]2C1. The molecule has 3 heterocycles. The Bertz CT molecular complexity index is 3510. The maximum Gasteiger partial charge on any atom is 0.314 e. The van der Waals surface area contributed by atoms with Crippen LogP contribution in [0.2, 0.25) is 0 Å². The van der Waals surface area contributed by atoms with Crippen molar-refractivity contribution in [3.05, 3.63) is 113 Å². The summed E-state index contributed by atoms with van der Waals surface area (Å²) < 4.78 is 6.34. The Morgan fingerprint density at radius 1 is 0.907 bits per heavy atom. The average Bonchev–Trinajstić information content (AvgIpc) is 1.60. The first kappa shape index (κ1) is 70.3. The van der Waals surface area contributed by atoms with Gasteiger partial charge in [-0.15, -0.1) is 5.92 Å². The number of ketones is 2. The number of nitrogens with zero attached hydrogens (tertiary/aromatic N) is 1. The van der Waals surface area contributed by atoms with E-state index >= 15 is 14.7 Å². The number of hydrogen-bond acceptors (Lipinski definition) is 17. The molecule has 5 saturated carbocycles. The molecule has 7 fully saturated rings. The number of Topliss-reactive ketones (excluding diaryl/α,β-unsaturated/α-hetero) is 2. The van der Waals surface area contributed by atoms with Crippen LogP contribution in [0.1, 0.15) is 172 Å². The Morgan fingerprint density at radius 2 is 1.66 bits per heavy atom. The van der Waals surface area contributed by atoms with E-state index in [1.165, 1.54) is 27.2 Å². The molecule has 23 atom stereocenters. The maximum absolute atomic E-state index is 16.6. The molecule has 2 saturated heterocycles. The molecule has 0 unspecified atom stereocenters. The Balaban J connectivity index is 0.997. The van der Waals surface area contributed by atoms with Crippen molar-refractivity contribution in [2.24, 2.45) is 92.6 Å². The number of phenolic OH excluding ortho intramolecular Hbond substituents is 1. The van der Waals surface area contributed by atoms with Gasteiger partial charge >= 0.3 is 5.97 Å². The number of carbonyl (C=O) groups is 3. The summed E-state index contributed by atoms with van der Waals surface area (Å²) in [5.41, 5.74) is 3.98. The second-order valence-electron chi connectivity index (χ2n) is 31.7. The number of carbonyl (C=O) groups excluding carboxylic acids is 3. The zero-order chi connectivity index (χ0) is 68.5. The standard InChI is InChI=1S/C77H103N5O13S2/c1-5-60-62(63(71(92)95-60)47-25-30-79-38-47)45-12-11-13-46-36-77(94)65-56(73(3)37-59(86)67(88)55-41-97-96-40-48(43-18-21-50(84)22-19-43)34-58(85)57(39-83)81-66(65)68(89)64(55)73)24-28-75(77,29-31-80-72(78)82-76(26-9-10-27-76)49-14-7-6-8-15-49)69(46)74(4,93)61(87)35-54(70(90)91)51-23-20-44-17-16-42(2)32-52(44)53(51)33-45/h6-8,14-15,18-22,25,30,38,42,45-46,48,51-57,59-64,67,69-70,79,81,83-84,86-88,90-91,93-94H,5,9-10,13,16-17,23-24,26-29,31-37,39-41H2,1-4H3,(H3,78,80,82)/t42-,45+,46+,48-,51-,52+,53-,54-,55+,56+,57-,59+,60+,61-,62+,63+,64+,67-,69-,73-,74+,75+,77-/m1/s1. The van der Waals surface area contributed by atoms with Crippen LogP contribution < -0.4 is 16.4 Å². The molecule has 13 rings (SSSR count). The van der Waals surface area contributed by atoms with E-state index in [1.54, 1.807) is 37.4 Å². The van der Waals surface area contributed by atoms with Crippen LogP contribution in [0.15, 0.2) is 101 Å². The van der Waals surface area contributed by atoms with E-state index in [0.29, 0.717) is 30.9 Å². The quantitative estimate of drug-likeness (QED) is 0.0163. The number of allylic oxidation sites excluding steroid dienone is 3. The topological polar surface area (TPSA) is 321 Å². The highest BCUT2D eigenvalue weighted by atomic mass is 33.1. The molecule has 3 aromatic rings. The van der Waals surface area contributed by atoms with E-state index in [9.17, 15) is 45.6 Å². The molecule has 97 heavy (non-hydrogen) atoms. The molecule has 526 valence electrons. The van der Waals surface area contributed by atoms with Gasteiger partial charge in [0.15, 0.2) is 23.8 Å². The Hall–Kier alpha value is -5.18. The van der Waals surface area contributed by atoms with Crippen molar-refractivity contribution in [3.63, 3.8) is 0 Å². The van der Waals surface area contributed by atoms with Gasteiger partial charge in [-0.25, -0.2) is 0 Å². The van der Waals surface area contributed by atoms with Crippen LogP contribution in [0.25, 0.3) is 0 Å². The third-order valence-electron chi connectivity index (χ3n) is 26.5. The summed E-state index contributed by atoms with van der Waals surface area (Å²) in [6, 6.07) is 17.4. The number of aromatic amines is 1. The van der Waals surface area contributed by atoms with Gasteiger partial charge in [-0.05, 0) is 178 Å². The minimum Gasteiger partial charge on any atom is -0.508 e. The number of ether oxygens (including phenoxy) is 1. The van der Waals surface area contributed by atoms with Gasteiger partial charge in [-0.3, -0.25) is 19.4 Å². The van der Waals surface area contributed by atoms with Gasteiger partial charge in [0, 0.05) is 90.1 Å². The molecule has 0 amide bonds. The number of nitrogens with one attached hydrogen (secondary N) is 3. The number of aliphatic hydroxyl groups is 8. The summed E-state index contributed by atoms with van der Waals surface area (Å²) in [7, 11) is 2.95. The van der Waals surface area contributed by atoms with E-state index in [4.69, 9.17) is 15.5 Å². The lowest BCUT2D eigenvalue weighted by Gasteiger charge is -2.63. The van der Waals surface area contributed by atoms with Gasteiger partial charge in [-0.1, -0.05) is 115 Å². The third-order valence-corrected chi connectivity index (χ3v) is 29.1. The van der Waals surface area contributed by atoms with Crippen LogP contribution in [-0.4, -0.2) is 147 Å². The van der Waals surface area contributed by atoms with E-state index in [1.807, 2.05) is 44.3 Å². The number of aliphatic imine (C=N–C) groups is 1. The zero-order valence-electron chi connectivity index (χ0n) is 56.6. The monoisotopic (exact) mass is 1370 g/mol. The van der Waals surface area contributed by atoms with Crippen LogP contribution in [0.4, 0.5) is 0 Å². The van der Waals surface area contributed by atoms with Crippen LogP contribution >= 0.6 is 21.6 Å². The number of nitrogens with two attached hydrogens (primary N) is 1. The number of guanidine groups is 1. The Labute approximate surface area is 578 Å². The molecule has 10 aliphatic rings. The van der Waals surface area contributed by atoms with Crippen molar-refractivity contribution in [2.75, 3.05) is 24.7 Å². The molecular formula is C77H103N5O13S2. The molecule has 14 N–H and O–H groups in total. The number of fused-ring (bicyclic) bond motifs is 10. The molecule has 8 aliphatic carbocycles. The van der Waals surface area contributed by atoms with Crippen molar-refractivity contribution < 1.29 is 65.1 Å². The van der Waals surface area contributed by atoms with Gasteiger partial charge in [-0.2, -0.15) is 0 Å². The predicted octanol–water partition coefficient (Wildman–Crippen LogP) is 8.41. The van der Waals surface area contributed by atoms with Gasteiger partial charge in [0.2, 0.25) is 0 Å². The second kappa shape index (κ2) is 28.0. The number of H-pyrrole nitrogens is 1. The molecule has 1 aromatic heterocycles. The summed E-state index contributed by atoms with van der Waals surface area (Å²) in [5, 5.41) is 120. The summed E-state index contributed by atoms with van der Waals surface area (Å²) in [4.78, 5) is 54.4. The number of aromatic hydroxyl groups is 1. The fourth-order valence-corrected chi connectivity index (χ4v) is 24.7. The van der Waals surface area contributed by atoms with Crippen molar-refractivity contribution in [1.82, 2.24) is 15.6 Å². The van der Waals surface area contributed by atoms with Crippen molar-refractivity contribution in [2.45, 2.75) is 209 Å². The molecule has 0 radical (unpaired) electrons. The number of rotatable bonds is 11. The Kier molecular flexibility index (Phi) is 20.3. The summed E-state index contributed by atoms with van der Waals surface area (Å²) in [6.45, 7) is 7.14. The minimum absolute atomic E-state index is 0.000117. The van der Waals surface area contributed by atoms with Crippen molar-refractivity contribution in [3.8, 4) is 17.6 Å². The molecule has 0 spiro atoms. The predicted molar refractivity (Wildman–Crippen MR) is 373 cm³/mol. The Morgan fingerprint density at radius 3 is 2.37 bits per heavy atom. The maximum atomic E-state index is 16.6. The lowest BCUT2D eigenvalue weighted by molar-refractivity contribution is -0.200. The highest BCUT2D eigenvalue weighted by Gasteiger charge is 2.75. The first-order chi connectivity index (χ1) is 46.5. The van der Waals surface area contributed by atoms with Crippen molar-refractivity contribution >= 4 is 45.1 Å². The zero-order valence-corrected chi connectivity index (χ0v) is 58.2. The summed E-state index contributed by atoms with van der Waals surface area (Å²) in [6.07, 6.45) is 7.44. The van der Waals surface area contributed by atoms with Crippen LogP contribution in [0.3, 0.4) is 0 Å². The van der Waals surface area contributed by atoms with Crippen molar-refractivity contribution in [1.29, 1.82) is 0 Å². The van der Waals surface area contributed by atoms with Crippen LogP contribution in [0.5, 0.6) is 5.75 Å². The molecule has 18 nitrogen and oxygen atoms in total. The molecule has 2 bridgehead atoms. The first-order valence-corrected chi connectivity index (χ1v) is 38.7. The van der Waals surface area contributed by atoms with E-state index < -0.39 is 148 Å². The normalized spacial score (nSPS) is 41.6. The molecule has 2 aliphatic heterocycles. The smallest absolute Gasteiger partial charge is 0.314 e. The highest BCUT2D eigenvalue weighted by Crippen LogP contribution is 2.73. The van der Waals surface area contributed by atoms with Gasteiger partial charge in [0.25, 0.3) is 0 Å². The highest BCUT2D eigenvalue weighted by molar-refractivity contribution is 8.76.